The van der Waals surface area contributed by atoms with Crippen LogP contribution in [0.5, 0.6) is 0 Å². The van der Waals surface area contributed by atoms with Gasteiger partial charge in [-0.3, -0.25) is 9.48 Å². The zero-order valence-electron chi connectivity index (χ0n) is 10.0. The highest BCUT2D eigenvalue weighted by atomic mass is 16.2. The molecule has 4 heteroatoms. The molecule has 1 aliphatic rings. The van der Waals surface area contributed by atoms with Crippen LogP contribution in [-0.4, -0.2) is 33.7 Å². The maximum atomic E-state index is 12.1. The predicted octanol–water partition coefficient (Wildman–Crippen LogP) is 2.09. The van der Waals surface area contributed by atoms with E-state index in [0.717, 1.165) is 31.5 Å². The molecule has 4 nitrogen and oxygen atoms in total. The van der Waals surface area contributed by atoms with Gasteiger partial charge in [0, 0.05) is 25.3 Å². The number of likely N-dealkylation sites (tertiary alicyclic amines) is 1. The van der Waals surface area contributed by atoms with Crippen molar-refractivity contribution in [3.05, 3.63) is 18.0 Å². The number of nitrogens with zero attached hydrogens (tertiary/aromatic N) is 3. The van der Waals surface area contributed by atoms with Crippen LogP contribution >= 0.6 is 0 Å². The summed E-state index contributed by atoms with van der Waals surface area (Å²) in [6.45, 7) is 5.90. The van der Waals surface area contributed by atoms with Crippen molar-refractivity contribution in [2.45, 2.75) is 39.2 Å². The normalized spacial score (nSPS) is 16.8. The van der Waals surface area contributed by atoms with Crippen molar-refractivity contribution in [2.24, 2.45) is 0 Å². The first-order valence-electron chi connectivity index (χ1n) is 6.02. The zero-order valence-corrected chi connectivity index (χ0v) is 10.0. The Morgan fingerprint density at radius 2 is 2.00 bits per heavy atom. The Balaban J connectivity index is 2.07. The van der Waals surface area contributed by atoms with Gasteiger partial charge in [-0.2, -0.15) is 5.10 Å². The predicted molar refractivity (Wildman–Crippen MR) is 62.4 cm³/mol. The minimum atomic E-state index is 0.131. The number of rotatable bonds is 2. The highest BCUT2D eigenvalue weighted by molar-refractivity contribution is 5.93. The number of carbonyl (C=O) groups excluding carboxylic acids is 1. The van der Waals surface area contributed by atoms with Crippen molar-refractivity contribution in [3.63, 3.8) is 0 Å². The molecule has 1 fully saturated rings. The second-order valence-electron chi connectivity index (χ2n) is 4.66. The lowest BCUT2D eigenvalue weighted by Crippen LogP contribution is -2.35. The zero-order chi connectivity index (χ0) is 11.5. The van der Waals surface area contributed by atoms with Gasteiger partial charge in [-0.1, -0.05) is 0 Å². The van der Waals surface area contributed by atoms with Crippen LogP contribution in [0.25, 0.3) is 0 Å². The Kier molecular flexibility index (Phi) is 3.27. The van der Waals surface area contributed by atoms with E-state index in [9.17, 15) is 4.79 Å². The van der Waals surface area contributed by atoms with Crippen LogP contribution in [0.4, 0.5) is 0 Å². The summed E-state index contributed by atoms with van der Waals surface area (Å²) in [5.41, 5.74) is 0.718. The third kappa shape index (κ3) is 2.26. The molecule has 1 aromatic rings. The molecular formula is C12H19N3O. The molecule has 0 saturated carbocycles. The summed E-state index contributed by atoms with van der Waals surface area (Å²) < 4.78 is 1.83. The number of piperidine rings is 1. The second-order valence-corrected chi connectivity index (χ2v) is 4.66. The summed E-state index contributed by atoms with van der Waals surface area (Å²) in [6.07, 6.45) is 7.03. The Bertz CT molecular complexity index is 364. The molecule has 0 aliphatic carbocycles. The molecule has 0 spiro atoms. The Hall–Kier alpha value is -1.32. The van der Waals surface area contributed by atoms with Crippen LogP contribution in [0.2, 0.25) is 0 Å². The Morgan fingerprint density at radius 1 is 1.31 bits per heavy atom. The third-order valence-corrected chi connectivity index (χ3v) is 3.02. The number of amides is 1. The lowest BCUT2D eigenvalue weighted by molar-refractivity contribution is 0.0724. The summed E-state index contributed by atoms with van der Waals surface area (Å²) >= 11 is 0. The highest BCUT2D eigenvalue weighted by Gasteiger charge is 2.19. The molecule has 1 aromatic heterocycles. The topological polar surface area (TPSA) is 38.1 Å². The fraction of sp³-hybridized carbons (Fsp3) is 0.667. The van der Waals surface area contributed by atoms with Crippen molar-refractivity contribution in [1.29, 1.82) is 0 Å². The maximum absolute atomic E-state index is 12.1. The minimum Gasteiger partial charge on any atom is -0.339 e. The monoisotopic (exact) mass is 221 g/mol. The third-order valence-electron chi connectivity index (χ3n) is 3.02. The molecular weight excluding hydrogens is 202 g/mol. The first kappa shape index (κ1) is 11.2. The molecule has 0 aromatic carbocycles. The molecule has 0 atom stereocenters. The van der Waals surface area contributed by atoms with Gasteiger partial charge in [0.2, 0.25) is 0 Å². The lowest BCUT2D eigenvalue weighted by Gasteiger charge is -2.26. The van der Waals surface area contributed by atoms with E-state index >= 15 is 0 Å². The summed E-state index contributed by atoms with van der Waals surface area (Å²) in [5, 5.41) is 4.20. The maximum Gasteiger partial charge on any atom is 0.257 e. The quantitative estimate of drug-likeness (QED) is 0.767. The standard InChI is InChI=1S/C12H19N3O/c1-10(2)15-9-11(8-13-15)12(16)14-6-4-3-5-7-14/h8-10H,3-7H2,1-2H3. The fourth-order valence-electron chi connectivity index (χ4n) is 2.01. The van der Waals surface area contributed by atoms with Gasteiger partial charge < -0.3 is 4.90 Å². The summed E-state index contributed by atoms with van der Waals surface area (Å²) in [7, 11) is 0. The van der Waals surface area contributed by atoms with Crippen molar-refractivity contribution in [1.82, 2.24) is 14.7 Å². The Morgan fingerprint density at radius 3 is 2.56 bits per heavy atom. The van der Waals surface area contributed by atoms with Gasteiger partial charge in [-0.05, 0) is 33.1 Å². The van der Waals surface area contributed by atoms with Crippen LogP contribution < -0.4 is 0 Å². The van der Waals surface area contributed by atoms with E-state index in [1.165, 1.54) is 6.42 Å². The number of carbonyl (C=O) groups is 1. The molecule has 2 heterocycles. The molecule has 0 radical (unpaired) electrons. The van der Waals surface area contributed by atoms with E-state index in [0.29, 0.717) is 6.04 Å². The smallest absolute Gasteiger partial charge is 0.257 e. The molecule has 0 unspecified atom stereocenters. The fourth-order valence-corrected chi connectivity index (χ4v) is 2.01. The second kappa shape index (κ2) is 4.68. The van der Waals surface area contributed by atoms with E-state index in [-0.39, 0.29) is 5.91 Å². The lowest BCUT2D eigenvalue weighted by atomic mass is 10.1. The van der Waals surface area contributed by atoms with Crippen molar-refractivity contribution in [2.75, 3.05) is 13.1 Å². The van der Waals surface area contributed by atoms with Gasteiger partial charge in [-0.15, -0.1) is 0 Å². The molecule has 1 amide bonds. The molecule has 16 heavy (non-hydrogen) atoms. The van der Waals surface area contributed by atoms with Gasteiger partial charge in [0.05, 0.1) is 11.8 Å². The van der Waals surface area contributed by atoms with Crippen LogP contribution in [-0.2, 0) is 0 Å². The van der Waals surface area contributed by atoms with Crippen molar-refractivity contribution < 1.29 is 4.79 Å². The molecule has 1 saturated heterocycles. The molecule has 0 bridgehead atoms. The first-order chi connectivity index (χ1) is 7.68. The van der Waals surface area contributed by atoms with Crippen molar-refractivity contribution in [3.8, 4) is 0 Å². The summed E-state index contributed by atoms with van der Waals surface area (Å²) in [4.78, 5) is 14.0. The molecule has 1 aliphatic heterocycles. The highest BCUT2D eigenvalue weighted by Crippen LogP contribution is 2.13. The number of aromatic nitrogens is 2. The Labute approximate surface area is 96.2 Å². The SMILES string of the molecule is CC(C)n1cc(C(=O)N2CCCCC2)cn1. The molecule has 0 N–H and O–H groups in total. The number of hydrogen-bond donors (Lipinski definition) is 0. The van der Waals surface area contributed by atoms with Crippen LogP contribution in [0.1, 0.15) is 49.5 Å². The van der Waals surface area contributed by atoms with Gasteiger partial charge in [0.25, 0.3) is 5.91 Å². The van der Waals surface area contributed by atoms with Crippen LogP contribution in [0.3, 0.4) is 0 Å². The van der Waals surface area contributed by atoms with Gasteiger partial charge in [-0.25, -0.2) is 0 Å². The van der Waals surface area contributed by atoms with E-state index in [4.69, 9.17) is 0 Å². The first-order valence-corrected chi connectivity index (χ1v) is 6.02. The minimum absolute atomic E-state index is 0.131. The van der Waals surface area contributed by atoms with E-state index in [1.54, 1.807) is 6.20 Å². The van der Waals surface area contributed by atoms with Crippen molar-refractivity contribution >= 4 is 5.91 Å². The van der Waals surface area contributed by atoms with E-state index < -0.39 is 0 Å². The summed E-state index contributed by atoms with van der Waals surface area (Å²) in [6, 6.07) is 0.308. The largest absolute Gasteiger partial charge is 0.339 e. The van der Waals surface area contributed by atoms with Crippen LogP contribution in [0.15, 0.2) is 12.4 Å². The van der Waals surface area contributed by atoms with Crippen LogP contribution in [0, 0.1) is 0 Å². The average Bonchev–Trinajstić information content (AvgIpc) is 2.78. The number of hydrogen-bond acceptors (Lipinski definition) is 2. The summed E-state index contributed by atoms with van der Waals surface area (Å²) in [5.74, 6) is 0.131. The molecule has 88 valence electrons. The molecule has 2 rings (SSSR count). The van der Waals surface area contributed by atoms with E-state index in [2.05, 4.69) is 18.9 Å². The van der Waals surface area contributed by atoms with E-state index in [1.807, 2.05) is 15.8 Å². The van der Waals surface area contributed by atoms with Gasteiger partial charge in [0.1, 0.15) is 0 Å². The van der Waals surface area contributed by atoms with Gasteiger partial charge >= 0.3 is 0 Å². The average molecular weight is 221 g/mol. The van der Waals surface area contributed by atoms with Gasteiger partial charge in [0.15, 0.2) is 0 Å².